The molecule has 0 atom stereocenters. The number of ether oxygens (including phenoxy) is 1. The number of carbonyl (C=O) groups excluding carboxylic acids is 1. The van der Waals surface area contributed by atoms with Crippen molar-refractivity contribution in [3.05, 3.63) is 16.4 Å². The topological polar surface area (TPSA) is 44.1 Å². The molecule has 0 saturated carbocycles. The third kappa shape index (κ3) is 3.38. The average molecular weight is 285 g/mol. The van der Waals surface area contributed by atoms with E-state index < -0.39 is 29.4 Å². The van der Waals surface area contributed by atoms with Crippen LogP contribution in [0.15, 0.2) is 0 Å². The Morgan fingerprint density at radius 1 is 1.50 bits per heavy atom. The van der Waals surface area contributed by atoms with E-state index in [2.05, 4.69) is 5.10 Å². The molecule has 4 nitrogen and oxygen atoms in total. The summed E-state index contributed by atoms with van der Waals surface area (Å²) in [6.07, 6.45) is -4.99. The Morgan fingerprint density at radius 2 is 2.06 bits per heavy atom. The second-order valence-corrected chi connectivity index (χ2v) is 4.32. The Labute approximate surface area is 107 Å². The van der Waals surface area contributed by atoms with Crippen LogP contribution < -0.4 is 0 Å². The molecule has 102 valence electrons. The third-order valence-corrected chi connectivity index (χ3v) is 2.50. The van der Waals surface area contributed by atoms with E-state index in [1.807, 2.05) is 0 Å². The van der Waals surface area contributed by atoms with Crippen molar-refractivity contribution < 1.29 is 22.7 Å². The van der Waals surface area contributed by atoms with E-state index in [0.29, 0.717) is 0 Å². The van der Waals surface area contributed by atoms with Gasteiger partial charge in [-0.1, -0.05) is 11.6 Å². The molecule has 0 spiro atoms. The van der Waals surface area contributed by atoms with Crippen LogP contribution >= 0.6 is 11.6 Å². The zero-order valence-corrected chi connectivity index (χ0v) is 10.8. The van der Waals surface area contributed by atoms with Crippen molar-refractivity contribution in [1.29, 1.82) is 0 Å². The second kappa shape index (κ2) is 5.17. The van der Waals surface area contributed by atoms with E-state index >= 15 is 0 Å². The molecule has 0 saturated heterocycles. The van der Waals surface area contributed by atoms with Crippen LogP contribution in [-0.2, 0) is 22.3 Å². The minimum absolute atomic E-state index is 0.0738. The average Bonchev–Trinajstić information content (AvgIpc) is 2.44. The van der Waals surface area contributed by atoms with Gasteiger partial charge in [0.25, 0.3) is 0 Å². The summed E-state index contributed by atoms with van der Waals surface area (Å²) in [5.41, 5.74) is -1.12. The molecule has 0 aliphatic heterocycles. The SMILES string of the molecule is Cc1c(Cl)c(C(F)(F)F)nn1CC(=O)OC(C)C. The lowest BCUT2D eigenvalue weighted by Gasteiger charge is -2.08. The molecule has 1 aromatic rings. The number of halogens is 4. The predicted molar refractivity (Wildman–Crippen MR) is 58.2 cm³/mol. The fourth-order valence-electron chi connectivity index (χ4n) is 1.28. The van der Waals surface area contributed by atoms with Gasteiger partial charge in [0, 0.05) is 0 Å². The van der Waals surface area contributed by atoms with Crippen LogP contribution in [0.5, 0.6) is 0 Å². The highest BCUT2D eigenvalue weighted by Crippen LogP contribution is 2.35. The van der Waals surface area contributed by atoms with Crippen LogP contribution in [0, 0.1) is 6.92 Å². The highest BCUT2D eigenvalue weighted by molar-refractivity contribution is 6.31. The van der Waals surface area contributed by atoms with Crippen LogP contribution in [0.3, 0.4) is 0 Å². The Morgan fingerprint density at radius 3 is 2.44 bits per heavy atom. The maximum absolute atomic E-state index is 12.5. The number of carbonyl (C=O) groups is 1. The van der Waals surface area contributed by atoms with Crippen molar-refractivity contribution in [2.45, 2.75) is 39.6 Å². The number of rotatable bonds is 3. The minimum atomic E-state index is -4.64. The van der Waals surface area contributed by atoms with Crippen LogP contribution in [0.25, 0.3) is 0 Å². The summed E-state index contributed by atoms with van der Waals surface area (Å²) < 4.78 is 43.2. The van der Waals surface area contributed by atoms with Gasteiger partial charge in [-0.2, -0.15) is 18.3 Å². The lowest BCUT2D eigenvalue weighted by molar-refractivity contribution is -0.149. The molecule has 0 N–H and O–H groups in total. The van der Waals surface area contributed by atoms with Gasteiger partial charge in [0.2, 0.25) is 0 Å². The highest BCUT2D eigenvalue weighted by Gasteiger charge is 2.38. The zero-order chi connectivity index (χ0) is 14.1. The summed E-state index contributed by atoms with van der Waals surface area (Å²) in [4.78, 5) is 11.3. The number of aromatic nitrogens is 2. The lowest BCUT2D eigenvalue weighted by Crippen LogP contribution is -2.19. The molecule has 0 aromatic carbocycles. The van der Waals surface area contributed by atoms with Crippen LogP contribution in [0.2, 0.25) is 5.02 Å². The maximum Gasteiger partial charge on any atom is 0.436 e. The summed E-state index contributed by atoms with van der Waals surface area (Å²) in [6, 6.07) is 0. The molecule has 0 fully saturated rings. The molecule has 1 aromatic heterocycles. The van der Waals surface area contributed by atoms with Crippen molar-refractivity contribution in [1.82, 2.24) is 9.78 Å². The van der Waals surface area contributed by atoms with Gasteiger partial charge in [-0.05, 0) is 20.8 Å². The van der Waals surface area contributed by atoms with E-state index in [1.54, 1.807) is 13.8 Å². The molecule has 0 radical (unpaired) electrons. The van der Waals surface area contributed by atoms with Crippen molar-refractivity contribution in [3.63, 3.8) is 0 Å². The van der Waals surface area contributed by atoms with Crippen molar-refractivity contribution >= 4 is 17.6 Å². The first-order chi connectivity index (χ1) is 8.12. The number of esters is 1. The minimum Gasteiger partial charge on any atom is -0.462 e. The van der Waals surface area contributed by atoms with Gasteiger partial charge in [0.05, 0.1) is 16.8 Å². The van der Waals surface area contributed by atoms with Gasteiger partial charge >= 0.3 is 12.1 Å². The van der Waals surface area contributed by atoms with E-state index in [4.69, 9.17) is 16.3 Å². The normalized spacial score (nSPS) is 12.0. The van der Waals surface area contributed by atoms with Gasteiger partial charge in [0.15, 0.2) is 5.69 Å². The molecule has 1 heterocycles. The quantitative estimate of drug-likeness (QED) is 0.802. The first-order valence-electron chi connectivity index (χ1n) is 5.12. The van der Waals surface area contributed by atoms with E-state index in [9.17, 15) is 18.0 Å². The molecule has 0 unspecified atom stereocenters. The van der Waals surface area contributed by atoms with Gasteiger partial charge in [-0.15, -0.1) is 0 Å². The van der Waals surface area contributed by atoms with Crippen LogP contribution in [0.4, 0.5) is 13.2 Å². The molecule has 0 bridgehead atoms. The molecule has 0 amide bonds. The highest BCUT2D eigenvalue weighted by atomic mass is 35.5. The van der Waals surface area contributed by atoms with Crippen LogP contribution in [-0.4, -0.2) is 21.9 Å². The fraction of sp³-hybridized carbons (Fsp3) is 0.600. The summed E-state index contributed by atoms with van der Waals surface area (Å²) in [6.45, 7) is 4.23. The summed E-state index contributed by atoms with van der Waals surface area (Å²) in [5, 5.41) is 2.79. The molecule has 1 rings (SSSR count). The predicted octanol–water partition coefficient (Wildman–Crippen LogP) is 2.82. The monoisotopic (exact) mass is 284 g/mol. The maximum atomic E-state index is 12.5. The Balaban J connectivity index is 2.95. The smallest absolute Gasteiger partial charge is 0.436 e. The fourth-order valence-corrected chi connectivity index (χ4v) is 1.52. The summed E-state index contributed by atoms with van der Waals surface area (Å²) >= 11 is 5.53. The Bertz CT molecular complexity index is 455. The first-order valence-corrected chi connectivity index (χ1v) is 5.50. The van der Waals surface area contributed by atoms with Gasteiger partial charge in [-0.3, -0.25) is 9.48 Å². The van der Waals surface area contributed by atoms with Crippen LogP contribution in [0.1, 0.15) is 25.2 Å². The Hall–Kier alpha value is -1.24. The number of alkyl halides is 3. The molecular weight excluding hydrogens is 273 g/mol. The molecule has 8 heteroatoms. The van der Waals surface area contributed by atoms with E-state index in [1.165, 1.54) is 6.92 Å². The van der Waals surface area contributed by atoms with Crippen molar-refractivity contribution in [3.8, 4) is 0 Å². The lowest BCUT2D eigenvalue weighted by atomic mass is 10.3. The summed E-state index contributed by atoms with van der Waals surface area (Å²) in [5.74, 6) is -0.666. The standard InChI is InChI=1S/C10H12ClF3N2O2/c1-5(2)18-7(17)4-16-6(3)8(11)9(15-16)10(12,13)14/h5H,4H2,1-3H3. The van der Waals surface area contributed by atoms with E-state index in [-0.39, 0.29) is 11.8 Å². The molecular formula is C10H12ClF3N2O2. The number of hydrogen-bond donors (Lipinski definition) is 0. The molecule has 0 aliphatic carbocycles. The summed E-state index contributed by atoms with van der Waals surface area (Å²) in [7, 11) is 0. The van der Waals surface area contributed by atoms with Crippen molar-refractivity contribution in [2.75, 3.05) is 0 Å². The Kier molecular flexibility index (Phi) is 4.26. The second-order valence-electron chi connectivity index (χ2n) is 3.94. The van der Waals surface area contributed by atoms with Gasteiger partial charge in [0.1, 0.15) is 6.54 Å². The third-order valence-electron chi connectivity index (χ3n) is 2.05. The van der Waals surface area contributed by atoms with E-state index in [0.717, 1.165) is 4.68 Å². The first kappa shape index (κ1) is 14.8. The largest absolute Gasteiger partial charge is 0.462 e. The zero-order valence-electron chi connectivity index (χ0n) is 10.0. The van der Waals surface area contributed by atoms with Gasteiger partial charge < -0.3 is 4.74 Å². The molecule has 18 heavy (non-hydrogen) atoms. The molecule has 0 aliphatic rings. The van der Waals surface area contributed by atoms with Gasteiger partial charge in [-0.25, -0.2) is 0 Å². The van der Waals surface area contributed by atoms with Crippen molar-refractivity contribution in [2.24, 2.45) is 0 Å². The number of hydrogen-bond acceptors (Lipinski definition) is 3. The number of nitrogens with zero attached hydrogens (tertiary/aromatic N) is 2.